The highest BCUT2D eigenvalue weighted by Crippen LogP contribution is 2.34. The third kappa shape index (κ3) is 0.737. The van der Waals surface area contributed by atoms with Crippen LogP contribution in [-0.4, -0.2) is 18.3 Å². The van der Waals surface area contributed by atoms with Gasteiger partial charge in [0.15, 0.2) is 0 Å². The Kier molecular flexibility index (Phi) is 1.44. The molecule has 2 atom stereocenters. The molecule has 0 saturated carbocycles. The smallest absolute Gasteiger partial charge is 0.225 e. The molecule has 9 heavy (non-hydrogen) atoms. The van der Waals surface area contributed by atoms with Crippen molar-refractivity contribution in [3.63, 3.8) is 0 Å². The Bertz CT molecular complexity index is 112. The van der Waals surface area contributed by atoms with Crippen molar-refractivity contribution in [3.05, 3.63) is 0 Å². The van der Waals surface area contributed by atoms with Crippen LogP contribution in [0.25, 0.3) is 0 Å². The maximum atomic E-state index is 12.2. The normalized spacial score (nSPS) is 50.7. The minimum atomic E-state index is -1.63. The van der Waals surface area contributed by atoms with Gasteiger partial charge in [0.25, 0.3) is 0 Å². The van der Waals surface area contributed by atoms with Gasteiger partial charge in [0.05, 0.1) is 0 Å². The van der Waals surface area contributed by atoms with Gasteiger partial charge in [-0.15, -0.1) is 0 Å². The van der Waals surface area contributed by atoms with Gasteiger partial charge in [0.2, 0.25) is 12.7 Å². The van der Waals surface area contributed by atoms with Crippen LogP contribution in [0.15, 0.2) is 0 Å². The molecule has 54 valence electrons. The lowest BCUT2D eigenvalue weighted by atomic mass is 9.93. The molecule has 0 bridgehead atoms. The molecule has 0 aromatic heterocycles. The monoisotopic (exact) mass is 137 g/mol. The van der Waals surface area contributed by atoms with Gasteiger partial charge in [-0.3, -0.25) is 0 Å². The Hall–Kier alpha value is -0.220. The topological polar surface area (TPSA) is 35.2 Å². The lowest BCUT2D eigenvalue weighted by Gasteiger charge is -2.43. The van der Waals surface area contributed by atoms with E-state index < -0.39 is 18.3 Å². The molecule has 1 rings (SSSR count). The molecule has 1 saturated heterocycles. The maximum absolute atomic E-state index is 12.2. The number of ether oxygens (including phenoxy) is 1. The molecular weight excluding hydrogens is 128 g/mol. The summed E-state index contributed by atoms with van der Waals surface area (Å²) in [5.74, 6) is 0. The fourth-order valence-electron chi connectivity index (χ4n) is 0.710. The van der Waals surface area contributed by atoms with Crippen LogP contribution in [0, 0.1) is 0 Å². The van der Waals surface area contributed by atoms with E-state index in [0.717, 1.165) is 0 Å². The molecule has 2 N–H and O–H groups in total. The number of alkyl halides is 2. The van der Waals surface area contributed by atoms with Crippen molar-refractivity contribution in [2.75, 3.05) is 0 Å². The first-order valence-electron chi connectivity index (χ1n) is 2.83. The summed E-state index contributed by atoms with van der Waals surface area (Å²) in [5.41, 5.74) is 3.84. The van der Waals surface area contributed by atoms with Gasteiger partial charge >= 0.3 is 0 Å². The van der Waals surface area contributed by atoms with E-state index in [0.29, 0.717) is 0 Å². The Labute approximate surface area is 52.0 Å². The van der Waals surface area contributed by atoms with Crippen molar-refractivity contribution in [1.29, 1.82) is 0 Å². The molecule has 2 unspecified atom stereocenters. The van der Waals surface area contributed by atoms with E-state index >= 15 is 0 Å². The molecule has 0 spiro atoms. The third-order valence-electron chi connectivity index (χ3n) is 1.70. The highest BCUT2D eigenvalue weighted by molar-refractivity contribution is 4.97. The molecule has 1 heterocycles. The Morgan fingerprint density at radius 3 is 2.11 bits per heavy atom. The highest BCUT2D eigenvalue weighted by atomic mass is 19.2. The lowest BCUT2D eigenvalue weighted by molar-refractivity contribution is -0.305. The number of hydrogen-bond donors (Lipinski definition) is 1. The van der Waals surface area contributed by atoms with Crippen LogP contribution in [0.4, 0.5) is 8.78 Å². The molecule has 1 fully saturated rings. The van der Waals surface area contributed by atoms with Gasteiger partial charge in [-0.1, -0.05) is 6.92 Å². The summed E-state index contributed by atoms with van der Waals surface area (Å²) in [7, 11) is 0. The maximum Gasteiger partial charge on any atom is 0.225 e. The highest BCUT2D eigenvalue weighted by Gasteiger charge is 2.54. The number of halogens is 2. The average Bonchev–Trinajstić information content (AvgIpc) is 1.87. The van der Waals surface area contributed by atoms with Crippen LogP contribution in [-0.2, 0) is 4.74 Å². The standard InChI is InChI=1S/C5H9F2NO/c1-2-5(8)3(6)9-4(5)7/h3-4H,2,8H2,1H3. The molecule has 1 aliphatic heterocycles. The lowest BCUT2D eigenvalue weighted by Crippen LogP contribution is -2.67. The Morgan fingerprint density at radius 1 is 1.56 bits per heavy atom. The van der Waals surface area contributed by atoms with Crippen LogP contribution in [0.5, 0.6) is 0 Å². The molecule has 0 radical (unpaired) electrons. The van der Waals surface area contributed by atoms with E-state index in [2.05, 4.69) is 4.74 Å². The summed E-state index contributed by atoms with van der Waals surface area (Å²) in [6, 6.07) is 0. The molecule has 0 aliphatic carbocycles. The van der Waals surface area contributed by atoms with E-state index in [9.17, 15) is 8.78 Å². The van der Waals surface area contributed by atoms with E-state index in [4.69, 9.17) is 5.73 Å². The van der Waals surface area contributed by atoms with Gasteiger partial charge in [-0.05, 0) is 6.42 Å². The first kappa shape index (κ1) is 6.89. The third-order valence-corrected chi connectivity index (χ3v) is 1.70. The minimum absolute atomic E-state index is 0.259. The molecule has 4 heteroatoms. The number of hydrogen-bond acceptors (Lipinski definition) is 2. The predicted octanol–water partition coefficient (Wildman–Crippen LogP) is 0.715. The van der Waals surface area contributed by atoms with Crippen LogP contribution >= 0.6 is 0 Å². The van der Waals surface area contributed by atoms with Crippen molar-refractivity contribution in [3.8, 4) is 0 Å². The van der Waals surface area contributed by atoms with Crippen LogP contribution in [0.1, 0.15) is 13.3 Å². The predicted molar refractivity (Wildman–Crippen MR) is 28.1 cm³/mol. The zero-order chi connectivity index (χ0) is 7.07. The van der Waals surface area contributed by atoms with Crippen LogP contribution in [0.3, 0.4) is 0 Å². The molecule has 0 aromatic carbocycles. The average molecular weight is 137 g/mol. The zero-order valence-corrected chi connectivity index (χ0v) is 5.10. The summed E-state index contributed by atoms with van der Waals surface area (Å²) >= 11 is 0. The first-order valence-corrected chi connectivity index (χ1v) is 2.83. The van der Waals surface area contributed by atoms with Gasteiger partial charge < -0.3 is 10.5 Å². The molecule has 0 aromatic rings. The second kappa shape index (κ2) is 1.88. The summed E-state index contributed by atoms with van der Waals surface area (Å²) in [6.07, 6.45) is -3.00. The fourth-order valence-corrected chi connectivity index (χ4v) is 0.710. The van der Waals surface area contributed by atoms with Gasteiger partial charge in [-0.25, -0.2) is 8.78 Å². The SMILES string of the molecule is CCC1(N)C(F)OC1F. The van der Waals surface area contributed by atoms with Crippen LogP contribution < -0.4 is 5.73 Å². The van der Waals surface area contributed by atoms with E-state index in [-0.39, 0.29) is 6.42 Å². The Balaban J connectivity index is 2.55. The number of rotatable bonds is 1. The second-order valence-corrected chi connectivity index (χ2v) is 2.23. The van der Waals surface area contributed by atoms with Gasteiger partial charge in [-0.2, -0.15) is 0 Å². The van der Waals surface area contributed by atoms with Gasteiger partial charge in [0, 0.05) is 0 Å². The summed E-state index contributed by atoms with van der Waals surface area (Å²) in [6.45, 7) is 1.63. The molecule has 0 amide bonds. The summed E-state index contributed by atoms with van der Waals surface area (Å²) < 4.78 is 28.4. The fraction of sp³-hybridized carbons (Fsp3) is 1.00. The van der Waals surface area contributed by atoms with Crippen molar-refractivity contribution >= 4 is 0 Å². The Morgan fingerprint density at radius 2 is 2.00 bits per heavy atom. The summed E-state index contributed by atoms with van der Waals surface area (Å²) in [5, 5.41) is 0. The minimum Gasteiger partial charge on any atom is -0.316 e. The summed E-state index contributed by atoms with van der Waals surface area (Å²) in [4.78, 5) is 0. The zero-order valence-electron chi connectivity index (χ0n) is 5.10. The second-order valence-electron chi connectivity index (χ2n) is 2.23. The molecule has 1 aliphatic rings. The van der Waals surface area contributed by atoms with E-state index in [1.54, 1.807) is 6.92 Å². The first-order chi connectivity index (χ1) is 4.11. The van der Waals surface area contributed by atoms with Gasteiger partial charge in [0.1, 0.15) is 5.54 Å². The van der Waals surface area contributed by atoms with Crippen molar-refractivity contribution in [2.45, 2.75) is 31.6 Å². The number of nitrogens with two attached hydrogens (primary N) is 1. The largest absolute Gasteiger partial charge is 0.316 e. The molecule has 2 nitrogen and oxygen atoms in total. The van der Waals surface area contributed by atoms with Crippen molar-refractivity contribution in [1.82, 2.24) is 0 Å². The van der Waals surface area contributed by atoms with Crippen LogP contribution in [0.2, 0.25) is 0 Å². The quantitative estimate of drug-likeness (QED) is 0.577. The van der Waals surface area contributed by atoms with Crippen molar-refractivity contribution < 1.29 is 13.5 Å². The van der Waals surface area contributed by atoms with E-state index in [1.807, 2.05) is 0 Å². The molecular formula is C5H9F2NO. The van der Waals surface area contributed by atoms with E-state index in [1.165, 1.54) is 0 Å². The van der Waals surface area contributed by atoms with Crippen molar-refractivity contribution in [2.24, 2.45) is 5.73 Å².